The number of rotatable bonds is 7. The molecule has 0 aliphatic carbocycles. The molecule has 1 fully saturated rings. The Morgan fingerprint density at radius 3 is 2.39 bits per heavy atom. The molecule has 3 atom stereocenters. The van der Waals surface area contributed by atoms with Crippen molar-refractivity contribution in [2.45, 2.75) is 58.2 Å². The van der Waals surface area contributed by atoms with E-state index in [1.54, 1.807) is 11.8 Å². The Kier molecular flexibility index (Phi) is 7.48. The van der Waals surface area contributed by atoms with Crippen LogP contribution < -0.4 is 5.32 Å². The minimum absolute atomic E-state index is 0.0174. The summed E-state index contributed by atoms with van der Waals surface area (Å²) < 4.78 is 9.91. The van der Waals surface area contributed by atoms with Gasteiger partial charge in [0.1, 0.15) is 6.04 Å². The fraction of sp³-hybridized carbons (Fsp3) is 0.812. The molecule has 132 valence electrons. The van der Waals surface area contributed by atoms with E-state index in [4.69, 9.17) is 4.74 Å². The maximum absolute atomic E-state index is 12.9. The van der Waals surface area contributed by atoms with Crippen molar-refractivity contribution in [1.29, 1.82) is 0 Å². The van der Waals surface area contributed by atoms with Crippen LogP contribution in [0.25, 0.3) is 0 Å². The van der Waals surface area contributed by atoms with Crippen LogP contribution in [0.2, 0.25) is 0 Å². The predicted octanol–water partition coefficient (Wildman–Crippen LogP) is 0.716. The standard InChI is InChI=1S/C16H28N2O5/c1-10(2)17-15(20)13-7-6-8-18(13)16(21)12(11(3)22-4)9-14(19)23-5/h10-13H,6-9H2,1-5H3,(H,17,20)/t11-,12+,13+/m1/s1. The normalized spacial score (nSPS) is 20.3. The van der Waals surface area contributed by atoms with Crippen LogP contribution in [-0.4, -0.2) is 61.6 Å². The van der Waals surface area contributed by atoms with Crippen molar-refractivity contribution in [3.8, 4) is 0 Å². The van der Waals surface area contributed by atoms with Gasteiger partial charge in [-0.1, -0.05) is 0 Å². The van der Waals surface area contributed by atoms with Crippen molar-refractivity contribution in [3.63, 3.8) is 0 Å². The number of likely N-dealkylation sites (tertiary alicyclic amines) is 1. The van der Waals surface area contributed by atoms with Crippen LogP contribution in [0.3, 0.4) is 0 Å². The molecule has 0 spiro atoms. The molecular formula is C16H28N2O5. The lowest BCUT2D eigenvalue weighted by Crippen LogP contribution is -2.51. The number of esters is 1. The zero-order valence-electron chi connectivity index (χ0n) is 14.6. The molecule has 1 heterocycles. The molecule has 1 N–H and O–H groups in total. The third-order valence-electron chi connectivity index (χ3n) is 4.14. The minimum Gasteiger partial charge on any atom is -0.469 e. The number of nitrogens with one attached hydrogen (secondary N) is 1. The van der Waals surface area contributed by atoms with Crippen LogP contribution in [0.5, 0.6) is 0 Å². The molecule has 0 unspecified atom stereocenters. The lowest BCUT2D eigenvalue weighted by Gasteiger charge is -2.30. The maximum Gasteiger partial charge on any atom is 0.306 e. The SMILES string of the molecule is COC(=O)C[C@H](C(=O)N1CCC[C@H]1C(=O)NC(C)C)[C@@H](C)OC. The Morgan fingerprint density at radius 2 is 1.87 bits per heavy atom. The first kappa shape index (κ1) is 19.4. The van der Waals surface area contributed by atoms with E-state index in [0.717, 1.165) is 6.42 Å². The summed E-state index contributed by atoms with van der Waals surface area (Å²) in [6.07, 6.45) is 0.917. The van der Waals surface area contributed by atoms with Crippen molar-refractivity contribution in [2.75, 3.05) is 20.8 Å². The van der Waals surface area contributed by atoms with Crippen molar-refractivity contribution in [2.24, 2.45) is 5.92 Å². The maximum atomic E-state index is 12.9. The van der Waals surface area contributed by atoms with Gasteiger partial charge >= 0.3 is 5.97 Å². The van der Waals surface area contributed by atoms with Crippen molar-refractivity contribution in [1.82, 2.24) is 10.2 Å². The molecular weight excluding hydrogens is 300 g/mol. The van der Waals surface area contributed by atoms with E-state index < -0.39 is 24.0 Å². The van der Waals surface area contributed by atoms with E-state index in [1.807, 2.05) is 13.8 Å². The van der Waals surface area contributed by atoms with Gasteiger partial charge in [-0.15, -0.1) is 0 Å². The molecule has 0 aromatic rings. The number of methoxy groups -OCH3 is 2. The average Bonchev–Trinajstić information content (AvgIpc) is 2.99. The Labute approximate surface area is 137 Å². The summed E-state index contributed by atoms with van der Waals surface area (Å²) in [5.41, 5.74) is 0. The zero-order chi connectivity index (χ0) is 17.6. The highest BCUT2D eigenvalue weighted by atomic mass is 16.5. The third kappa shape index (κ3) is 5.20. The molecule has 0 radical (unpaired) electrons. The molecule has 0 saturated carbocycles. The molecule has 2 amide bonds. The first-order valence-electron chi connectivity index (χ1n) is 8.02. The molecule has 0 bridgehead atoms. The van der Waals surface area contributed by atoms with E-state index in [2.05, 4.69) is 10.1 Å². The van der Waals surface area contributed by atoms with Crippen LogP contribution in [0, 0.1) is 5.92 Å². The Hall–Kier alpha value is -1.63. The van der Waals surface area contributed by atoms with Crippen LogP contribution in [-0.2, 0) is 23.9 Å². The lowest BCUT2D eigenvalue weighted by molar-refractivity contribution is -0.152. The Balaban J connectivity index is 2.88. The van der Waals surface area contributed by atoms with E-state index in [1.165, 1.54) is 14.2 Å². The number of hydrogen-bond acceptors (Lipinski definition) is 5. The number of carbonyl (C=O) groups is 3. The van der Waals surface area contributed by atoms with Gasteiger partial charge in [-0.2, -0.15) is 0 Å². The van der Waals surface area contributed by atoms with Gasteiger partial charge in [-0.05, 0) is 33.6 Å². The van der Waals surface area contributed by atoms with Crippen LogP contribution in [0.1, 0.15) is 40.0 Å². The summed E-state index contributed by atoms with van der Waals surface area (Å²) in [6.45, 7) is 6.02. The molecule has 1 aliphatic rings. The van der Waals surface area contributed by atoms with Crippen molar-refractivity contribution >= 4 is 17.8 Å². The number of hydrogen-bond donors (Lipinski definition) is 1. The van der Waals surface area contributed by atoms with Crippen molar-refractivity contribution in [3.05, 3.63) is 0 Å². The van der Waals surface area contributed by atoms with Gasteiger partial charge in [0, 0.05) is 19.7 Å². The minimum atomic E-state index is -0.653. The largest absolute Gasteiger partial charge is 0.469 e. The van der Waals surface area contributed by atoms with Crippen LogP contribution in [0.15, 0.2) is 0 Å². The van der Waals surface area contributed by atoms with Gasteiger partial charge in [-0.3, -0.25) is 14.4 Å². The number of carbonyl (C=O) groups excluding carboxylic acids is 3. The molecule has 0 aromatic heterocycles. The van der Waals surface area contributed by atoms with Gasteiger partial charge in [0.25, 0.3) is 0 Å². The summed E-state index contributed by atoms with van der Waals surface area (Å²) in [6, 6.07) is -0.460. The monoisotopic (exact) mass is 328 g/mol. The first-order valence-corrected chi connectivity index (χ1v) is 8.02. The molecule has 7 heteroatoms. The highest BCUT2D eigenvalue weighted by molar-refractivity contribution is 5.91. The number of ether oxygens (including phenoxy) is 2. The van der Waals surface area contributed by atoms with E-state index in [-0.39, 0.29) is 24.3 Å². The quantitative estimate of drug-likeness (QED) is 0.696. The summed E-state index contributed by atoms with van der Waals surface area (Å²) in [4.78, 5) is 38.3. The smallest absolute Gasteiger partial charge is 0.306 e. The zero-order valence-corrected chi connectivity index (χ0v) is 14.6. The molecule has 1 saturated heterocycles. The second-order valence-electron chi connectivity index (χ2n) is 6.18. The Morgan fingerprint density at radius 1 is 1.22 bits per heavy atom. The molecule has 23 heavy (non-hydrogen) atoms. The highest BCUT2D eigenvalue weighted by Crippen LogP contribution is 2.24. The Bertz CT molecular complexity index is 438. The second kappa shape index (κ2) is 8.86. The summed E-state index contributed by atoms with van der Waals surface area (Å²) in [5.74, 6) is -1.49. The highest BCUT2D eigenvalue weighted by Gasteiger charge is 2.39. The molecule has 1 aliphatic heterocycles. The van der Waals surface area contributed by atoms with Gasteiger partial charge < -0.3 is 19.7 Å². The summed E-state index contributed by atoms with van der Waals surface area (Å²) >= 11 is 0. The predicted molar refractivity (Wildman–Crippen MR) is 84.6 cm³/mol. The van der Waals surface area contributed by atoms with Gasteiger partial charge in [-0.25, -0.2) is 0 Å². The summed E-state index contributed by atoms with van der Waals surface area (Å²) in [5, 5.41) is 2.85. The third-order valence-corrected chi connectivity index (χ3v) is 4.14. The van der Waals surface area contributed by atoms with E-state index in [0.29, 0.717) is 13.0 Å². The van der Waals surface area contributed by atoms with Gasteiger partial charge in [0.2, 0.25) is 11.8 Å². The number of amides is 2. The fourth-order valence-corrected chi connectivity index (χ4v) is 2.78. The van der Waals surface area contributed by atoms with E-state index in [9.17, 15) is 14.4 Å². The van der Waals surface area contributed by atoms with Gasteiger partial charge in [0.05, 0.1) is 25.6 Å². The van der Waals surface area contributed by atoms with Crippen molar-refractivity contribution < 1.29 is 23.9 Å². The number of nitrogens with zero attached hydrogens (tertiary/aromatic N) is 1. The van der Waals surface area contributed by atoms with Crippen LogP contribution >= 0.6 is 0 Å². The topological polar surface area (TPSA) is 84.9 Å². The van der Waals surface area contributed by atoms with Crippen LogP contribution in [0.4, 0.5) is 0 Å². The fourth-order valence-electron chi connectivity index (χ4n) is 2.78. The second-order valence-corrected chi connectivity index (χ2v) is 6.18. The molecule has 7 nitrogen and oxygen atoms in total. The molecule has 1 rings (SSSR count). The molecule has 0 aromatic carbocycles. The van der Waals surface area contributed by atoms with Gasteiger partial charge in [0.15, 0.2) is 0 Å². The first-order chi connectivity index (χ1) is 10.8. The lowest BCUT2D eigenvalue weighted by atomic mass is 9.97. The average molecular weight is 328 g/mol. The van der Waals surface area contributed by atoms with E-state index >= 15 is 0 Å². The summed E-state index contributed by atoms with van der Waals surface area (Å²) in [7, 11) is 2.78.